The van der Waals surface area contributed by atoms with Gasteiger partial charge in [-0.05, 0) is 48.0 Å². The lowest BCUT2D eigenvalue weighted by Gasteiger charge is -2.20. The number of benzene rings is 2. The second-order valence-corrected chi connectivity index (χ2v) is 6.41. The minimum atomic E-state index is -0.383. The molecule has 0 fully saturated rings. The van der Waals surface area contributed by atoms with Crippen LogP contribution in [0.3, 0.4) is 0 Å². The number of nitrogens with zero attached hydrogens (tertiary/aromatic N) is 1. The van der Waals surface area contributed by atoms with Crippen LogP contribution in [0.5, 0.6) is 5.75 Å². The number of furan rings is 1. The normalized spacial score (nSPS) is 10.7. The van der Waals surface area contributed by atoms with Crippen LogP contribution in [0.15, 0.2) is 77.4 Å². The Morgan fingerprint density at radius 3 is 2.57 bits per heavy atom. The van der Waals surface area contributed by atoms with Crippen LogP contribution in [-0.4, -0.2) is 30.4 Å². The topological polar surface area (TPSA) is 71.8 Å². The summed E-state index contributed by atoms with van der Waals surface area (Å²) in [4.78, 5) is 26.7. The minimum Gasteiger partial charge on any atom is -0.495 e. The first kappa shape index (κ1) is 20.9. The van der Waals surface area contributed by atoms with Crippen LogP contribution in [0.1, 0.15) is 11.3 Å². The van der Waals surface area contributed by atoms with Crippen molar-refractivity contribution < 1.29 is 23.1 Å². The van der Waals surface area contributed by atoms with Crippen molar-refractivity contribution in [3.63, 3.8) is 0 Å². The molecule has 6 nitrogen and oxygen atoms in total. The highest BCUT2D eigenvalue weighted by Gasteiger charge is 2.18. The summed E-state index contributed by atoms with van der Waals surface area (Å²) in [7, 11) is 1.51. The summed E-state index contributed by atoms with van der Waals surface area (Å²) >= 11 is 0. The molecule has 7 heteroatoms. The van der Waals surface area contributed by atoms with Gasteiger partial charge in [0.15, 0.2) is 0 Å². The van der Waals surface area contributed by atoms with Crippen LogP contribution in [0.25, 0.3) is 6.08 Å². The van der Waals surface area contributed by atoms with Gasteiger partial charge in [-0.15, -0.1) is 0 Å². The number of nitrogens with one attached hydrogen (secondary N) is 1. The maximum Gasteiger partial charge on any atom is 0.247 e. The molecule has 1 aromatic heterocycles. The summed E-state index contributed by atoms with van der Waals surface area (Å²) in [5, 5.41) is 2.75. The number of para-hydroxylation sites is 2. The summed E-state index contributed by atoms with van der Waals surface area (Å²) in [5.74, 6) is -0.0546. The van der Waals surface area contributed by atoms with Crippen molar-refractivity contribution >= 4 is 23.6 Å². The Balaban J connectivity index is 1.72. The first-order valence-electron chi connectivity index (χ1n) is 9.23. The van der Waals surface area contributed by atoms with E-state index in [1.807, 2.05) is 0 Å². The van der Waals surface area contributed by atoms with E-state index in [0.717, 1.165) is 0 Å². The summed E-state index contributed by atoms with van der Waals surface area (Å²) in [6, 6.07) is 16.2. The third kappa shape index (κ3) is 5.81. The van der Waals surface area contributed by atoms with E-state index in [2.05, 4.69) is 5.32 Å². The molecule has 2 aromatic carbocycles. The van der Waals surface area contributed by atoms with Crippen molar-refractivity contribution in [3.05, 3.63) is 90.1 Å². The van der Waals surface area contributed by atoms with E-state index in [0.29, 0.717) is 22.8 Å². The third-order valence-corrected chi connectivity index (χ3v) is 4.24. The molecular formula is C23H21FN2O4. The average molecular weight is 408 g/mol. The lowest BCUT2D eigenvalue weighted by Crippen LogP contribution is -2.36. The van der Waals surface area contributed by atoms with Gasteiger partial charge in [0.2, 0.25) is 11.8 Å². The number of rotatable bonds is 8. The first-order valence-corrected chi connectivity index (χ1v) is 9.23. The van der Waals surface area contributed by atoms with Gasteiger partial charge in [0.25, 0.3) is 0 Å². The fraction of sp³-hybridized carbons (Fsp3) is 0.130. The predicted octanol–water partition coefficient (Wildman–Crippen LogP) is 4.11. The van der Waals surface area contributed by atoms with E-state index >= 15 is 0 Å². The summed E-state index contributed by atoms with van der Waals surface area (Å²) < 4.78 is 23.6. The van der Waals surface area contributed by atoms with E-state index in [-0.39, 0.29) is 30.7 Å². The summed E-state index contributed by atoms with van der Waals surface area (Å²) in [6.07, 6.45) is 4.41. The molecule has 0 aliphatic heterocycles. The van der Waals surface area contributed by atoms with Crippen LogP contribution in [0, 0.1) is 5.82 Å². The second-order valence-electron chi connectivity index (χ2n) is 6.41. The largest absolute Gasteiger partial charge is 0.495 e. The van der Waals surface area contributed by atoms with Gasteiger partial charge in [-0.3, -0.25) is 9.59 Å². The van der Waals surface area contributed by atoms with Crippen LogP contribution in [0.2, 0.25) is 0 Å². The molecular weight excluding hydrogens is 387 g/mol. The summed E-state index contributed by atoms with van der Waals surface area (Å²) in [5.41, 5.74) is 1.18. The number of methoxy groups -OCH3 is 1. The number of carbonyl (C=O) groups is 2. The zero-order valence-electron chi connectivity index (χ0n) is 16.4. The average Bonchev–Trinajstić information content (AvgIpc) is 3.26. The lowest BCUT2D eigenvalue weighted by molar-refractivity contribution is -0.131. The van der Waals surface area contributed by atoms with Crippen molar-refractivity contribution in [1.82, 2.24) is 4.90 Å². The number of hydrogen-bond acceptors (Lipinski definition) is 4. The number of amides is 2. The Labute approximate surface area is 173 Å². The molecule has 154 valence electrons. The van der Waals surface area contributed by atoms with E-state index in [4.69, 9.17) is 9.15 Å². The molecule has 1 N–H and O–H groups in total. The Bertz CT molecular complexity index is 1010. The second kappa shape index (κ2) is 10.1. The van der Waals surface area contributed by atoms with Crippen LogP contribution < -0.4 is 10.1 Å². The highest BCUT2D eigenvalue weighted by Crippen LogP contribution is 2.23. The molecule has 0 bridgehead atoms. The third-order valence-electron chi connectivity index (χ3n) is 4.24. The monoisotopic (exact) mass is 408 g/mol. The smallest absolute Gasteiger partial charge is 0.247 e. The Morgan fingerprint density at radius 1 is 1.10 bits per heavy atom. The number of anilines is 1. The minimum absolute atomic E-state index is 0.124. The highest BCUT2D eigenvalue weighted by molar-refractivity contribution is 5.98. The van der Waals surface area contributed by atoms with Crippen molar-refractivity contribution in [2.45, 2.75) is 6.54 Å². The number of halogens is 1. The molecule has 0 atom stereocenters. The van der Waals surface area contributed by atoms with E-state index < -0.39 is 0 Å². The molecule has 2 amide bonds. The predicted molar refractivity (Wildman–Crippen MR) is 111 cm³/mol. The Morgan fingerprint density at radius 2 is 1.87 bits per heavy atom. The van der Waals surface area contributed by atoms with E-state index in [1.165, 1.54) is 36.5 Å². The molecule has 0 radical (unpaired) electrons. The Kier molecular flexibility index (Phi) is 7.00. The number of ether oxygens (including phenoxy) is 1. The van der Waals surface area contributed by atoms with Gasteiger partial charge in [0.05, 0.1) is 25.6 Å². The molecule has 0 saturated carbocycles. The van der Waals surface area contributed by atoms with Crippen molar-refractivity contribution in [2.24, 2.45) is 0 Å². The number of hydrogen-bond donors (Lipinski definition) is 1. The van der Waals surface area contributed by atoms with Gasteiger partial charge < -0.3 is 19.4 Å². The van der Waals surface area contributed by atoms with Crippen LogP contribution >= 0.6 is 0 Å². The molecule has 3 rings (SSSR count). The zero-order chi connectivity index (χ0) is 21.3. The maximum absolute atomic E-state index is 13.0. The van der Waals surface area contributed by atoms with Gasteiger partial charge in [-0.1, -0.05) is 24.3 Å². The quantitative estimate of drug-likeness (QED) is 0.570. The van der Waals surface area contributed by atoms with Crippen molar-refractivity contribution in [3.8, 4) is 5.75 Å². The standard InChI is InChI=1S/C23H21FN2O4/c1-29-21-7-3-2-6-20(21)25-22(27)16-26(15-19-5-4-14-30-19)23(28)13-10-17-8-11-18(24)12-9-17/h2-14H,15-16H2,1H3,(H,25,27)/b13-10+. The van der Waals surface area contributed by atoms with Gasteiger partial charge in [-0.2, -0.15) is 0 Å². The molecule has 0 saturated heterocycles. The van der Waals surface area contributed by atoms with Gasteiger partial charge >= 0.3 is 0 Å². The number of carbonyl (C=O) groups excluding carboxylic acids is 2. The van der Waals surface area contributed by atoms with Crippen molar-refractivity contribution in [2.75, 3.05) is 19.0 Å². The maximum atomic E-state index is 13.0. The fourth-order valence-electron chi connectivity index (χ4n) is 2.76. The molecule has 0 spiro atoms. The SMILES string of the molecule is COc1ccccc1NC(=O)CN(Cc1ccco1)C(=O)/C=C/c1ccc(F)cc1. The first-order chi connectivity index (χ1) is 14.5. The van der Waals surface area contributed by atoms with Gasteiger partial charge in [0.1, 0.15) is 23.9 Å². The molecule has 1 heterocycles. The van der Waals surface area contributed by atoms with Crippen LogP contribution in [-0.2, 0) is 16.1 Å². The molecule has 3 aromatic rings. The van der Waals surface area contributed by atoms with Crippen LogP contribution in [0.4, 0.5) is 10.1 Å². The Hall–Kier alpha value is -3.87. The van der Waals surface area contributed by atoms with Gasteiger partial charge in [0, 0.05) is 6.08 Å². The highest BCUT2D eigenvalue weighted by atomic mass is 19.1. The fourth-order valence-corrected chi connectivity index (χ4v) is 2.76. The molecule has 0 aliphatic rings. The molecule has 0 aliphatic carbocycles. The molecule has 0 unspecified atom stereocenters. The summed E-state index contributed by atoms with van der Waals surface area (Å²) in [6.45, 7) is -0.0652. The molecule has 30 heavy (non-hydrogen) atoms. The lowest BCUT2D eigenvalue weighted by atomic mass is 10.2. The zero-order valence-corrected chi connectivity index (χ0v) is 16.4. The van der Waals surface area contributed by atoms with E-state index in [9.17, 15) is 14.0 Å². The van der Waals surface area contributed by atoms with E-state index in [1.54, 1.807) is 54.6 Å². The van der Waals surface area contributed by atoms with Crippen molar-refractivity contribution in [1.29, 1.82) is 0 Å². The van der Waals surface area contributed by atoms with Gasteiger partial charge in [-0.25, -0.2) is 4.39 Å².